The van der Waals surface area contributed by atoms with Gasteiger partial charge in [0.25, 0.3) is 0 Å². The quantitative estimate of drug-likeness (QED) is 0.274. The van der Waals surface area contributed by atoms with Crippen molar-refractivity contribution in [3.63, 3.8) is 0 Å². The molecule has 196 valence electrons. The van der Waals surface area contributed by atoms with Crippen LogP contribution >= 0.6 is 23.2 Å². The molecule has 1 saturated heterocycles. The molecule has 2 fully saturated rings. The Bertz CT molecular complexity index is 1430. The Morgan fingerprint density at radius 2 is 1.92 bits per heavy atom. The first-order valence-corrected chi connectivity index (χ1v) is 13.6. The minimum atomic E-state index is -1.00. The summed E-state index contributed by atoms with van der Waals surface area (Å²) in [6.45, 7) is 3.61. The number of ether oxygens (including phenoxy) is 1. The summed E-state index contributed by atoms with van der Waals surface area (Å²) in [4.78, 5) is 10.8. The second-order valence-electron chi connectivity index (χ2n) is 10.1. The lowest BCUT2D eigenvalue weighted by Crippen LogP contribution is -2.43. The average Bonchev–Trinajstić information content (AvgIpc) is 3.68. The van der Waals surface area contributed by atoms with Gasteiger partial charge in [-0.15, -0.1) is 0 Å². The van der Waals surface area contributed by atoms with Crippen LogP contribution in [0.5, 0.6) is 5.75 Å². The van der Waals surface area contributed by atoms with E-state index < -0.39 is 5.60 Å². The highest BCUT2D eigenvalue weighted by Crippen LogP contribution is 2.45. The van der Waals surface area contributed by atoms with E-state index in [4.69, 9.17) is 32.5 Å². The van der Waals surface area contributed by atoms with Gasteiger partial charge in [0.2, 0.25) is 0 Å². The number of aliphatic hydroxyl groups is 1. The molecule has 0 atom stereocenters. The van der Waals surface area contributed by atoms with Gasteiger partial charge in [0, 0.05) is 48.7 Å². The maximum atomic E-state index is 11.5. The molecule has 3 aromatic heterocycles. The highest BCUT2D eigenvalue weighted by Gasteiger charge is 2.36. The Balaban J connectivity index is 1.19. The molecule has 4 heterocycles. The lowest BCUT2D eigenvalue weighted by molar-refractivity contribution is 0.0117. The molecule has 0 spiro atoms. The summed E-state index contributed by atoms with van der Waals surface area (Å²) in [6.07, 6.45) is 8.43. The maximum absolute atomic E-state index is 11.5. The Morgan fingerprint density at radius 1 is 1.11 bits per heavy atom. The number of aromatic nitrogens is 3. The second kappa shape index (κ2) is 10.2. The lowest BCUT2D eigenvalue weighted by Gasteiger charge is -2.39. The number of aryl methyl sites for hydroxylation is 1. The minimum absolute atomic E-state index is 0.266. The van der Waals surface area contributed by atoms with Gasteiger partial charge in [0.15, 0.2) is 0 Å². The van der Waals surface area contributed by atoms with E-state index in [2.05, 4.69) is 20.0 Å². The summed E-state index contributed by atoms with van der Waals surface area (Å²) in [7, 11) is 0. The molecule has 1 saturated carbocycles. The predicted molar refractivity (Wildman–Crippen MR) is 147 cm³/mol. The number of rotatable bonds is 7. The monoisotopic (exact) mass is 550 g/mol. The third-order valence-electron chi connectivity index (χ3n) is 7.48. The Morgan fingerprint density at radius 3 is 2.61 bits per heavy atom. The van der Waals surface area contributed by atoms with E-state index in [0.717, 1.165) is 46.7 Å². The molecule has 0 bridgehead atoms. The molecule has 38 heavy (non-hydrogen) atoms. The van der Waals surface area contributed by atoms with Crippen molar-refractivity contribution in [2.45, 2.75) is 50.7 Å². The highest BCUT2D eigenvalue weighted by molar-refractivity contribution is 6.33. The number of nitrogens with zero attached hydrogens (tertiary/aromatic N) is 4. The molecule has 1 aliphatic heterocycles. The molecule has 0 radical (unpaired) electrons. The first-order chi connectivity index (χ1) is 18.4. The highest BCUT2D eigenvalue weighted by atomic mass is 35.5. The van der Waals surface area contributed by atoms with E-state index in [1.54, 1.807) is 24.7 Å². The van der Waals surface area contributed by atoms with E-state index in [9.17, 15) is 5.11 Å². The zero-order chi connectivity index (χ0) is 26.3. The molecule has 1 N–H and O–H groups in total. The topological polar surface area (TPSA) is 84.5 Å². The van der Waals surface area contributed by atoms with E-state index in [-0.39, 0.29) is 6.61 Å². The van der Waals surface area contributed by atoms with Crippen LogP contribution in [-0.4, -0.2) is 33.3 Å². The van der Waals surface area contributed by atoms with Gasteiger partial charge in [-0.25, -0.2) is 4.98 Å². The summed E-state index contributed by atoms with van der Waals surface area (Å²) in [5.41, 5.74) is 3.03. The fourth-order valence-corrected chi connectivity index (χ4v) is 5.83. The molecule has 6 rings (SSSR count). The lowest BCUT2D eigenvalue weighted by atomic mass is 9.84. The van der Waals surface area contributed by atoms with Crippen molar-refractivity contribution >= 4 is 29.0 Å². The predicted octanol–water partition coefficient (Wildman–Crippen LogP) is 6.69. The van der Waals surface area contributed by atoms with Gasteiger partial charge in [0.05, 0.1) is 21.2 Å². The molecule has 1 aliphatic carbocycles. The Kier molecular flexibility index (Phi) is 6.76. The van der Waals surface area contributed by atoms with Crippen LogP contribution in [0.15, 0.2) is 59.5 Å². The minimum Gasteiger partial charge on any atom is -0.489 e. The van der Waals surface area contributed by atoms with E-state index >= 15 is 0 Å². The molecule has 7 nitrogen and oxygen atoms in total. The van der Waals surface area contributed by atoms with Crippen molar-refractivity contribution in [1.82, 2.24) is 15.1 Å². The number of hydrogen-bond donors (Lipinski definition) is 1. The number of halogens is 2. The SMILES string of the molecule is Cc1cncc(Cl)c1-c1noc(C2CC2)c1COc1ccc(C2(O)CCN(c3ccccn3)CC2)c(Cl)c1. The van der Waals surface area contributed by atoms with Crippen LogP contribution in [0, 0.1) is 6.92 Å². The molecule has 2 aliphatic rings. The first kappa shape index (κ1) is 25.2. The fourth-order valence-electron chi connectivity index (χ4n) is 5.19. The number of pyridine rings is 2. The fraction of sp³-hybridized carbons (Fsp3) is 0.345. The average molecular weight is 551 g/mol. The van der Waals surface area contributed by atoms with E-state index in [1.807, 2.05) is 37.3 Å². The maximum Gasteiger partial charge on any atom is 0.147 e. The second-order valence-corrected chi connectivity index (χ2v) is 10.9. The van der Waals surface area contributed by atoms with Crippen LogP contribution in [0.25, 0.3) is 11.3 Å². The molecule has 0 amide bonds. The van der Waals surface area contributed by atoms with Crippen molar-refractivity contribution in [1.29, 1.82) is 0 Å². The molecule has 1 aromatic carbocycles. The standard InChI is InChI=1S/C29H28Cl2N4O3/c1-18-15-32-16-24(31)26(18)27-21(28(38-34-27)19-5-6-19)17-37-20-7-8-22(23(30)14-20)29(36)9-12-35(13-10-29)25-4-2-3-11-33-25/h2-4,7-8,11,14-16,19,36H,5-6,9-10,12-13,17H2,1H3. The summed E-state index contributed by atoms with van der Waals surface area (Å²) >= 11 is 13.2. The zero-order valence-corrected chi connectivity index (χ0v) is 22.5. The van der Waals surface area contributed by atoms with Crippen LogP contribution in [0.1, 0.15) is 54.1 Å². The van der Waals surface area contributed by atoms with Crippen molar-refractivity contribution in [3.05, 3.63) is 87.5 Å². The molecule has 0 unspecified atom stereocenters. The van der Waals surface area contributed by atoms with Gasteiger partial charge in [-0.1, -0.05) is 40.5 Å². The van der Waals surface area contributed by atoms with Gasteiger partial charge in [-0.05, 0) is 62.4 Å². The van der Waals surface area contributed by atoms with Crippen LogP contribution in [-0.2, 0) is 12.2 Å². The van der Waals surface area contributed by atoms with Crippen molar-refractivity contribution in [2.24, 2.45) is 0 Å². The van der Waals surface area contributed by atoms with Crippen LogP contribution < -0.4 is 9.64 Å². The van der Waals surface area contributed by atoms with E-state index in [1.165, 1.54) is 0 Å². The van der Waals surface area contributed by atoms with Gasteiger partial charge in [-0.3, -0.25) is 4.98 Å². The first-order valence-electron chi connectivity index (χ1n) is 12.8. The normalized spacial score (nSPS) is 17.0. The largest absolute Gasteiger partial charge is 0.489 e. The smallest absolute Gasteiger partial charge is 0.147 e. The van der Waals surface area contributed by atoms with Crippen LogP contribution in [0.4, 0.5) is 5.82 Å². The number of anilines is 1. The summed E-state index contributed by atoms with van der Waals surface area (Å²) in [5.74, 6) is 2.74. The van der Waals surface area contributed by atoms with E-state index in [0.29, 0.717) is 53.3 Å². The molecule has 9 heteroatoms. The van der Waals surface area contributed by atoms with Crippen molar-refractivity contribution in [2.75, 3.05) is 18.0 Å². The number of benzene rings is 1. The third-order valence-corrected chi connectivity index (χ3v) is 8.08. The van der Waals surface area contributed by atoms with Gasteiger partial charge in [0.1, 0.15) is 29.6 Å². The summed E-state index contributed by atoms with van der Waals surface area (Å²) in [6, 6.07) is 11.4. The summed E-state index contributed by atoms with van der Waals surface area (Å²) in [5, 5.41) is 16.9. The van der Waals surface area contributed by atoms with Crippen LogP contribution in [0.3, 0.4) is 0 Å². The summed E-state index contributed by atoms with van der Waals surface area (Å²) < 4.78 is 12.0. The Labute approximate surface area is 231 Å². The van der Waals surface area contributed by atoms with Crippen molar-refractivity contribution < 1.29 is 14.4 Å². The zero-order valence-electron chi connectivity index (χ0n) is 21.0. The van der Waals surface area contributed by atoms with Gasteiger partial charge in [-0.2, -0.15) is 0 Å². The number of piperidine rings is 1. The molecular formula is C29H28Cl2N4O3. The number of hydrogen-bond acceptors (Lipinski definition) is 7. The van der Waals surface area contributed by atoms with Gasteiger partial charge >= 0.3 is 0 Å². The van der Waals surface area contributed by atoms with Crippen LogP contribution in [0.2, 0.25) is 10.0 Å². The third kappa shape index (κ3) is 4.86. The Hall–Kier alpha value is -3.13. The van der Waals surface area contributed by atoms with Gasteiger partial charge < -0.3 is 19.3 Å². The van der Waals surface area contributed by atoms with Crippen molar-refractivity contribution in [3.8, 4) is 17.0 Å². The molecular weight excluding hydrogens is 523 g/mol. The molecule has 4 aromatic rings.